The lowest BCUT2D eigenvalue weighted by Crippen LogP contribution is -2.10. The number of nitrogens with one attached hydrogen (secondary N) is 1. The van der Waals surface area contributed by atoms with E-state index in [2.05, 4.69) is 20.7 Å². The van der Waals surface area contributed by atoms with Crippen LogP contribution in [0.15, 0.2) is 10.6 Å². The molecule has 0 bridgehead atoms. The molecule has 16 heavy (non-hydrogen) atoms. The highest BCUT2D eigenvalue weighted by Gasteiger charge is 2.15. The van der Waals surface area contributed by atoms with Crippen molar-refractivity contribution in [3.63, 3.8) is 0 Å². The topological polar surface area (TPSA) is 90.1 Å². The third-order valence-corrected chi connectivity index (χ3v) is 2.42. The predicted molar refractivity (Wildman–Crippen MR) is 55.7 cm³/mol. The zero-order valence-corrected chi connectivity index (χ0v) is 9.37. The summed E-state index contributed by atoms with van der Waals surface area (Å²) in [4.78, 5) is 11.6. The maximum absolute atomic E-state index is 11.6. The fourth-order valence-electron chi connectivity index (χ4n) is 0.968. The van der Waals surface area contributed by atoms with Crippen LogP contribution in [0.1, 0.15) is 15.6 Å². The number of rotatable bonds is 3. The summed E-state index contributed by atoms with van der Waals surface area (Å²) < 4.78 is 9.55. The number of carbonyl (C=O) groups is 1. The minimum atomic E-state index is -0.438. The van der Waals surface area contributed by atoms with Gasteiger partial charge in [-0.3, -0.25) is 10.1 Å². The van der Waals surface area contributed by atoms with Crippen LogP contribution in [0.2, 0.25) is 0 Å². The first-order valence-corrected chi connectivity index (χ1v) is 5.13. The molecule has 84 valence electrons. The van der Waals surface area contributed by atoms with E-state index in [4.69, 9.17) is 9.26 Å². The molecule has 0 unspecified atom stereocenters. The zero-order valence-electron chi connectivity index (χ0n) is 8.55. The summed E-state index contributed by atoms with van der Waals surface area (Å²) >= 11 is 1.28. The number of aromatic nitrogens is 3. The van der Waals surface area contributed by atoms with Crippen LogP contribution in [-0.4, -0.2) is 28.4 Å². The molecule has 2 heterocycles. The van der Waals surface area contributed by atoms with E-state index in [0.29, 0.717) is 5.13 Å². The van der Waals surface area contributed by atoms with Crippen LogP contribution >= 0.6 is 11.3 Å². The lowest BCUT2D eigenvalue weighted by Gasteiger charge is -1.94. The molecule has 0 fully saturated rings. The fraction of sp³-hybridized carbons (Fsp3) is 0.250. The summed E-state index contributed by atoms with van der Waals surface area (Å²) in [6.45, 7) is 1.80. The number of nitrogens with zero attached hydrogens (tertiary/aromatic N) is 3. The monoisotopic (exact) mass is 240 g/mol. The number of aryl methyl sites for hydroxylation is 1. The van der Waals surface area contributed by atoms with E-state index in [1.165, 1.54) is 24.5 Å². The van der Waals surface area contributed by atoms with Crippen LogP contribution in [0, 0.1) is 6.92 Å². The number of hydrogen-bond acceptors (Lipinski definition) is 7. The Morgan fingerprint density at radius 1 is 1.56 bits per heavy atom. The van der Waals surface area contributed by atoms with Gasteiger partial charge in [-0.15, -0.1) is 10.2 Å². The summed E-state index contributed by atoms with van der Waals surface area (Å²) in [7, 11) is 1.44. The number of amides is 1. The van der Waals surface area contributed by atoms with Crippen molar-refractivity contribution < 1.29 is 14.1 Å². The Balaban J connectivity index is 2.08. The second-order valence-electron chi connectivity index (χ2n) is 2.81. The highest BCUT2D eigenvalue weighted by atomic mass is 32.1. The van der Waals surface area contributed by atoms with Gasteiger partial charge < -0.3 is 9.26 Å². The molecule has 1 N–H and O–H groups in total. The number of anilines is 1. The van der Waals surface area contributed by atoms with Crippen molar-refractivity contribution in [1.82, 2.24) is 15.4 Å². The minimum absolute atomic E-state index is 0.0599. The third-order valence-electron chi connectivity index (χ3n) is 1.67. The van der Waals surface area contributed by atoms with Crippen molar-refractivity contribution in [2.75, 3.05) is 12.4 Å². The average molecular weight is 240 g/mol. The Morgan fingerprint density at radius 2 is 2.38 bits per heavy atom. The third kappa shape index (κ3) is 2.16. The van der Waals surface area contributed by atoms with Crippen molar-refractivity contribution in [2.24, 2.45) is 0 Å². The molecular formula is C8H8N4O3S. The first kappa shape index (κ1) is 10.6. The molecule has 7 nitrogen and oxygen atoms in total. The van der Waals surface area contributed by atoms with Crippen LogP contribution in [-0.2, 0) is 0 Å². The first-order chi connectivity index (χ1) is 7.69. The van der Waals surface area contributed by atoms with Crippen molar-refractivity contribution in [2.45, 2.75) is 6.92 Å². The number of carbonyl (C=O) groups excluding carboxylic acids is 1. The highest BCUT2D eigenvalue weighted by Crippen LogP contribution is 2.16. The molecule has 8 heteroatoms. The molecule has 1 amide bonds. The Labute approximate surface area is 94.4 Å². The minimum Gasteiger partial charge on any atom is -0.479 e. The van der Waals surface area contributed by atoms with Gasteiger partial charge in [-0.1, -0.05) is 11.3 Å². The van der Waals surface area contributed by atoms with E-state index in [9.17, 15) is 4.79 Å². The Bertz CT molecular complexity index is 507. The first-order valence-electron chi connectivity index (χ1n) is 4.31. The summed E-state index contributed by atoms with van der Waals surface area (Å²) in [5.74, 6) is -0.129. The van der Waals surface area contributed by atoms with Crippen molar-refractivity contribution in [3.8, 4) is 5.88 Å². The van der Waals surface area contributed by atoms with Gasteiger partial charge in [0.25, 0.3) is 11.8 Å². The largest absolute Gasteiger partial charge is 0.479 e. The van der Waals surface area contributed by atoms with Gasteiger partial charge in [0.1, 0.15) is 5.01 Å². The van der Waals surface area contributed by atoms with Crippen molar-refractivity contribution in [1.29, 1.82) is 0 Å². The second-order valence-corrected chi connectivity index (χ2v) is 4.00. The van der Waals surface area contributed by atoms with Crippen molar-refractivity contribution >= 4 is 22.4 Å². The van der Waals surface area contributed by atoms with Gasteiger partial charge in [0.2, 0.25) is 10.9 Å². The maximum Gasteiger partial charge on any atom is 0.296 e. The molecule has 2 aromatic heterocycles. The van der Waals surface area contributed by atoms with E-state index in [0.717, 1.165) is 5.01 Å². The zero-order chi connectivity index (χ0) is 11.5. The van der Waals surface area contributed by atoms with E-state index < -0.39 is 5.91 Å². The van der Waals surface area contributed by atoms with Crippen LogP contribution in [0.4, 0.5) is 5.13 Å². The SMILES string of the molecule is COc1cc(C(=O)Nc2nnc(C)s2)on1. The van der Waals surface area contributed by atoms with Gasteiger partial charge in [0.05, 0.1) is 13.2 Å². The van der Waals surface area contributed by atoms with Gasteiger partial charge in [0.15, 0.2) is 0 Å². The lowest BCUT2D eigenvalue weighted by atomic mass is 10.4. The Kier molecular flexibility index (Phi) is 2.82. The molecule has 0 aliphatic heterocycles. The molecular weight excluding hydrogens is 232 g/mol. The van der Waals surface area contributed by atoms with Crippen LogP contribution < -0.4 is 10.1 Å². The van der Waals surface area contributed by atoms with Crippen LogP contribution in [0.3, 0.4) is 0 Å². The smallest absolute Gasteiger partial charge is 0.296 e. The molecule has 2 aromatic rings. The summed E-state index contributed by atoms with van der Waals surface area (Å²) in [6.07, 6.45) is 0. The average Bonchev–Trinajstić information content (AvgIpc) is 2.87. The van der Waals surface area contributed by atoms with E-state index in [-0.39, 0.29) is 11.6 Å². The van der Waals surface area contributed by atoms with E-state index in [1.54, 1.807) is 6.92 Å². The van der Waals surface area contributed by atoms with Crippen molar-refractivity contribution in [3.05, 3.63) is 16.8 Å². The number of hydrogen-bond donors (Lipinski definition) is 1. The molecule has 0 spiro atoms. The standard InChI is InChI=1S/C8H8N4O3S/c1-4-10-11-8(16-4)9-7(13)5-3-6(14-2)12-15-5/h3H,1-2H3,(H,9,11,13). The normalized spacial score (nSPS) is 10.1. The molecule has 2 rings (SSSR count). The predicted octanol–water partition coefficient (Wildman–Crippen LogP) is 1.10. The Hall–Kier alpha value is -1.96. The summed E-state index contributed by atoms with van der Waals surface area (Å²) in [5.41, 5.74) is 0. The van der Waals surface area contributed by atoms with Gasteiger partial charge in [-0.2, -0.15) is 0 Å². The Morgan fingerprint density at radius 3 is 2.94 bits per heavy atom. The quantitative estimate of drug-likeness (QED) is 0.863. The molecule has 0 atom stereocenters. The highest BCUT2D eigenvalue weighted by molar-refractivity contribution is 7.15. The molecule has 0 saturated heterocycles. The van der Waals surface area contributed by atoms with E-state index >= 15 is 0 Å². The molecule has 0 radical (unpaired) electrons. The van der Waals surface area contributed by atoms with Crippen LogP contribution in [0.5, 0.6) is 5.88 Å². The van der Waals surface area contributed by atoms with Gasteiger partial charge in [-0.25, -0.2) is 0 Å². The maximum atomic E-state index is 11.6. The molecule has 0 aliphatic rings. The molecule has 0 saturated carbocycles. The van der Waals surface area contributed by atoms with Gasteiger partial charge >= 0.3 is 0 Å². The van der Waals surface area contributed by atoms with Gasteiger partial charge in [0, 0.05) is 0 Å². The second kappa shape index (κ2) is 4.27. The van der Waals surface area contributed by atoms with Crippen LogP contribution in [0.25, 0.3) is 0 Å². The number of ether oxygens (including phenoxy) is 1. The van der Waals surface area contributed by atoms with Gasteiger partial charge in [-0.05, 0) is 12.1 Å². The molecule has 0 aliphatic carbocycles. The van der Waals surface area contributed by atoms with E-state index in [1.807, 2.05) is 0 Å². The lowest BCUT2D eigenvalue weighted by molar-refractivity contribution is 0.0987. The summed E-state index contributed by atoms with van der Waals surface area (Å²) in [6, 6.07) is 1.39. The summed E-state index contributed by atoms with van der Waals surface area (Å²) in [5, 5.41) is 14.7. The number of methoxy groups -OCH3 is 1. The fourth-order valence-corrected chi connectivity index (χ4v) is 1.55. The molecule has 0 aromatic carbocycles.